The lowest BCUT2D eigenvalue weighted by molar-refractivity contribution is 0.328. The Morgan fingerprint density at radius 1 is 1.22 bits per heavy atom. The molecule has 1 aromatic heterocycles. The molecule has 0 fully saturated rings. The highest BCUT2D eigenvalue weighted by molar-refractivity contribution is 7.15. The number of rotatable bonds is 4. The van der Waals surface area contributed by atoms with E-state index in [1.54, 1.807) is 0 Å². The lowest BCUT2D eigenvalue weighted by atomic mass is 10.2. The van der Waals surface area contributed by atoms with Gasteiger partial charge in [0.2, 0.25) is 0 Å². The zero-order chi connectivity index (χ0) is 12.4. The molecule has 0 bridgehead atoms. The number of hydrogen-bond acceptors (Lipinski definition) is 4. The standard InChI is InChI=1S/C14H16N2OS/c15-8-9-17-11-6-4-10(5-7-11)14-16-12-2-1-3-13(12)18-14/h4-7H,1-3,8-9,15H2. The summed E-state index contributed by atoms with van der Waals surface area (Å²) in [5, 5.41) is 1.13. The molecule has 0 saturated heterocycles. The molecule has 0 atom stereocenters. The predicted octanol–water partition coefficient (Wildman–Crippen LogP) is 2.64. The van der Waals surface area contributed by atoms with Crippen LogP contribution in [0.3, 0.4) is 0 Å². The van der Waals surface area contributed by atoms with E-state index in [0.717, 1.165) is 17.2 Å². The summed E-state index contributed by atoms with van der Waals surface area (Å²) in [6, 6.07) is 8.11. The van der Waals surface area contributed by atoms with E-state index in [1.165, 1.54) is 29.0 Å². The van der Waals surface area contributed by atoms with Gasteiger partial charge in [0.1, 0.15) is 17.4 Å². The Morgan fingerprint density at radius 3 is 2.78 bits per heavy atom. The van der Waals surface area contributed by atoms with Crippen molar-refractivity contribution in [3.8, 4) is 16.3 Å². The summed E-state index contributed by atoms with van der Waals surface area (Å²) in [7, 11) is 0. The van der Waals surface area contributed by atoms with E-state index in [2.05, 4.69) is 12.1 Å². The molecular weight excluding hydrogens is 244 g/mol. The average Bonchev–Trinajstić information content (AvgIpc) is 2.97. The Kier molecular flexibility index (Phi) is 3.30. The number of ether oxygens (including phenoxy) is 1. The van der Waals surface area contributed by atoms with Gasteiger partial charge in [-0.3, -0.25) is 0 Å². The first-order valence-electron chi connectivity index (χ1n) is 6.28. The Bertz CT molecular complexity index is 512. The van der Waals surface area contributed by atoms with Crippen LogP contribution in [0.4, 0.5) is 0 Å². The number of hydrogen-bond donors (Lipinski definition) is 1. The normalized spacial score (nSPS) is 13.6. The van der Waals surface area contributed by atoms with Crippen LogP contribution in [0, 0.1) is 0 Å². The zero-order valence-corrected chi connectivity index (χ0v) is 11.0. The third kappa shape index (κ3) is 2.26. The maximum Gasteiger partial charge on any atom is 0.123 e. The molecule has 4 heteroatoms. The van der Waals surface area contributed by atoms with Crippen LogP contribution in [-0.4, -0.2) is 18.1 Å². The van der Waals surface area contributed by atoms with Gasteiger partial charge in [-0.15, -0.1) is 11.3 Å². The topological polar surface area (TPSA) is 48.1 Å². The lowest BCUT2D eigenvalue weighted by Gasteiger charge is -2.04. The summed E-state index contributed by atoms with van der Waals surface area (Å²) in [5.41, 5.74) is 7.88. The van der Waals surface area contributed by atoms with Crippen LogP contribution in [-0.2, 0) is 12.8 Å². The molecule has 0 amide bonds. The smallest absolute Gasteiger partial charge is 0.123 e. The minimum Gasteiger partial charge on any atom is -0.492 e. The van der Waals surface area contributed by atoms with E-state index in [0.29, 0.717) is 13.2 Å². The summed E-state index contributed by atoms with van der Waals surface area (Å²) in [6.45, 7) is 1.10. The number of fused-ring (bicyclic) bond motifs is 1. The first-order valence-corrected chi connectivity index (χ1v) is 7.10. The molecule has 0 spiro atoms. The third-order valence-corrected chi connectivity index (χ3v) is 4.29. The van der Waals surface area contributed by atoms with Crippen LogP contribution in [0.1, 0.15) is 17.0 Å². The van der Waals surface area contributed by atoms with Gasteiger partial charge >= 0.3 is 0 Å². The van der Waals surface area contributed by atoms with E-state index in [9.17, 15) is 0 Å². The molecule has 0 unspecified atom stereocenters. The van der Waals surface area contributed by atoms with Crippen molar-refractivity contribution < 1.29 is 4.74 Å². The monoisotopic (exact) mass is 260 g/mol. The number of aryl methyl sites for hydroxylation is 2. The van der Waals surface area contributed by atoms with Gasteiger partial charge in [0.05, 0.1) is 5.69 Å². The minimum absolute atomic E-state index is 0.543. The average molecular weight is 260 g/mol. The molecule has 2 aromatic rings. The molecule has 94 valence electrons. The van der Waals surface area contributed by atoms with E-state index in [-0.39, 0.29) is 0 Å². The van der Waals surface area contributed by atoms with Gasteiger partial charge in [-0.05, 0) is 43.5 Å². The molecule has 1 heterocycles. The number of nitrogens with zero attached hydrogens (tertiary/aromatic N) is 1. The van der Waals surface area contributed by atoms with Crippen molar-refractivity contribution in [1.29, 1.82) is 0 Å². The van der Waals surface area contributed by atoms with Crippen molar-refractivity contribution in [2.75, 3.05) is 13.2 Å². The molecule has 18 heavy (non-hydrogen) atoms. The van der Waals surface area contributed by atoms with Crippen molar-refractivity contribution in [2.45, 2.75) is 19.3 Å². The van der Waals surface area contributed by atoms with Crippen LogP contribution in [0.15, 0.2) is 24.3 Å². The summed E-state index contributed by atoms with van der Waals surface area (Å²) >= 11 is 1.83. The molecule has 1 aliphatic rings. The maximum absolute atomic E-state index is 5.47. The van der Waals surface area contributed by atoms with Gasteiger partial charge in [-0.2, -0.15) is 0 Å². The van der Waals surface area contributed by atoms with Crippen LogP contribution in [0.25, 0.3) is 10.6 Å². The second kappa shape index (κ2) is 5.08. The van der Waals surface area contributed by atoms with E-state index in [4.69, 9.17) is 15.5 Å². The molecule has 0 saturated carbocycles. The number of benzene rings is 1. The molecule has 3 rings (SSSR count). The van der Waals surface area contributed by atoms with Gasteiger partial charge in [0, 0.05) is 17.0 Å². The largest absolute Gasteiger partial charge is 0.492 e. The Hall–Kier alpha value is -1.39. The highest BCUT2D eigenvalue weighted by atomic mass is 32.1. The number of nitrogens with two attached hydrogens (primary N) is 1. The maximum atomic E-state index is 5.47. The van der Waals surface area contributed by atoms with Crippen molar-refractivity contribution in [2.24, 2.45) is 5.73 Å². The zero-order valence-electron chi connectivity index (χ0n) is 10.2. The molecule has 1 aromatic carbocycles. The van der Waals surface area contributed by atoms with Crippen LogP contribution >= 0.6 is 11.3 Å². The quantitative estimate of drug-likeness (QED) is 0.919. The number of thiazole rings is 1. The van der Waals surface area contributed by atoms with Crippen LogP contribution < -0.4 is 10.5 Å². The van der Waals surface area contributed by atoms with Gasteiger partial charge in [0.15, 0.2) is 0 Å². The van der Waals surface area contributed by atoms with E-state index < -0.39 is 0 Å². The predicted molar refractivity (Wildman–Crippen MR) is 74.1 cm³/mol. The van der Waals surface area contributed by atoms with Crippen LogP contribution in [0.5, 0.6) is 5.75 Å². The van der Waals surface area contributed by atoms with Crippen molar-refractivity contribution >= 4 is 11.3 Å². The Morgan fingerprint density at radius 2 is 2.06 bits per heavy atom. The number of aromatic nitrogens is 1. The SMILES string of the molecule is NCCOc1ccc(-c2nc3c(s2)CCC3)cc1. The molecule has 1 aliphatic carbocycles. The second-order valence-corrected chi connectivity index (χ2v) is 5.49. The lowest BCUT2D eigenvalue weighted by Crippen LogP contribution is -2.10. The summed E-state index contributed by atoms with van der Waals surface area (Å²) in [4.78, 5) is 6.18. The fourth-order valence-electron chi connectivity index (χ4n) is 2.18. The molecular formula is C14H16N2OS. The van der Waals surface area contributed by atoms with Gasteiger partial charge in [-0.1, -0.05) is 0 Å². The summed E-state index contributed by atoms with van der Waals surface area (Å²) in [6.07, 6.45) is 3.61. The van der Waals surface area contributed by atoms with Crippen molar-refractivity contribution in [1.82, 2.24) is 4.98 Å². The highest BCUT2D eigenvalue weighted by Crippen LogP contribution is 2.33. The molecule has 3 nitrogen and oxygen atoms in total. The van der Waals surface area contributed by atoms with Gasteiger partial charge < -0.3 is 10.5 Å². The van der Waals surface area contributed by atoms with Crippen molar-refractivity contribution in [3.05, 3.63) is 34.8 Å². The molecule has 0 aliphatic heterocycles. The van der Waals surface area contributed by atoms with Crippen LogP contribution in [0.2, 0.25) is 0 Å². The first kappa shape index (κ1) is 11.7. The minimum atomic E-state index is 0.543. The van der Waals surface area contributed by atoms with E-state index >= 15 is 0 Å². The first-order chi connectivity index (χ1) is 8.86. The van der Waals surface area contributed by atoms with E-state index in [1.807, 2.05) is 23.5 Å². The third-order valence-electron chi connectivity index (χ3n) is 3.08. The fraction of sp³-hybridized carbons (Fsp3) is 0.357. The fourth-order valence-corrected chi connectivity index (χ4v) is 3.34. The van der Waals surface area contributed by atoms with Gasteiger partial charge in [-0.25, -0.2) is 4.98 Å². The summed E-state index contributed by atoms with van der Waals surface area (Å²) in [5.74, 6) is 0.869. The Labute approximate surface area is 111 Å². The Balaban J connectivity index is 1.79. The van der Waals surface area contributed by atoms with Gasteiger partial charge in [0.25, 0.3) is 0 Å². The molecule has 0 radical (unpaired) electrons. The van der Waals surface area contributed by atoms with Crippen molar-refractivity contribution in [3.63, 3.8) is 0 Å². The molecule has 2 N–H and O–H groups in total. The second-order valence-electron chi connectivity index (χ2n) is 4.40. The highest BCUT2D eigenvalue weighted by Gasteiger charge is 2.17. The summed E-state index contributed by atoms with van der Waals surface area (Å²) < 4.78 is 5.47.